The third kappa shape index (κ3) is 3.27. The first-order valence-corrected chi connectivity index (χ1v) is 6.69. The average Bonchev–Trinajstić information content (AvgIpc) is 3.02. The molecule has 0 saturated heterocycles. The quantitative estimate of drug-likeness (QED) is 0.715. The summed E-state index contributed by atoms with van der Waals surface area (Å²) in [5.41, 5.74) is 6.88. The maximum atomic E-state index is 12.0. The Labute approximate surface area is 127 Å². The molecule has 1 aromatic heterocycles. The Morgan fingerprint density at radius 1 is 1.00 bits per heavy atom. The van der Waals surface area contributed by atoms with Gasteiger partial charge in [-0.3, -0.25) is 4.79 Å². The minimum Gasteiger partial charge on any atom is -0.459 e. The van der Waals surface area contributed by atoms with Crippen LogP contribution in [0.5, 0.6) is 11.5 Å². The Morgan fingerprint density at radius 2 is 1.82 bits per heavy atom. The number of ether oxygens (including phenoxy) is 1. The lowest BCUT2D eigenvalue weighted by Crippen LogP contribution is -2.11. The van der Waals surface area contributed by atoms with Crippen LogP contribution in [0, 0.1) is 0 Å². The molecule has 0 radical (unpaired) electrons. The monoisotopic (exact) mass is 294 g/mol. The Balaban J connectivity index is 1.79. The van der Waals surface area contributed by atoms with Crippen LogP contribution in [0.4, 0.5) is 11.4 Å². The second-order valence-corrected chi connectivity index (χ2v) is 4.64. The third-order valence-electron chi connectivity index (χ3n) is 2.91. The standard InChI is InChI=1S/C17H14N2O3/c18-12-9-13(19-17(20)16-7-4-8-21-16)11-15(10-12)22-14-5-2-1-3-6-14/h1-11H,18H2,(H,19,20). The van der Waals surface area contributed by atoms with Gasteiger partial charge in [-0.25, -0.2) is 0 Å². The Morgan fingerprint density at radius 3 is 2.55 bits per heavy atom. The summed E-state index contributed by atoms with van der Waals surface area (Å²) < 4.78 is 10.8. The van der Waals surface area contributed by atoms with E-state index in [9.17, 15) is 4.79 Å². The summed E-state index contributed by atoms with van der Waals surface area (Å²) >= 11 is 0. The number of nitrogen functional groups attached to an aromatic ring is 1. The lowest BCUT2D eigenvalue weighted by Gasteiger charge is -2.10. The largest absolute Gasteiger partial charge is 0.459 e. The minimum atomic E-state index is -0.346. The second-order valence-electron chi connectivity index (χ2n) is 4.64. The molecule has 0 aliphatic rings. The van der Waals surface area contributed by atoms with Gasteiger partial charge < -0.3 is 20.2 Å². The summed E-state index contributed by atoms with van der Waals surface area (Å²) in [6.45, 7) is 0. The predicted molar refractivity (Wildman–Crippen MR) is 84.0 cm³/mol. The Hall–Kier alpha value is -3.21. The van der Waals surface area contributed by atoms with Gasteiger partial charge in [-0.2, -0.15) is 0 Å². The zero-order chi connectivity index (χ0) is 15.4. The van der Waals surface area contributed by atoms with Crippen LogP contribution in [0.15, 0.2) is 71.3 Å². The summed E-state index contributed by atoms with van der Waals surface area (Å²) in [5, 5.41) is 2.72. The van der Waals surface area contributed by atoms with Gasteiger partial charge in [0, 0.05) is 23.5 Å². The summed E-state index contributed by atoms with van der Waals surface area (Å²) in [4.78, 5) is 12.0. The number of anilines is 2. The fourth-order valence-corrected chi connectivity index (χ4v) is 1.98. The highest BCUT2D eigenvalue weighted by molar-refractivity contribution is 6.02. The molecule has 3 aromatic rings. The number of furan rings is 1. The molecule has 3 rings (SSSR count). The summed E-state index contributed by atoms with van der Waals surface area (Å²) in [6.07, 6.45) is 1.44. The van der Waals surface area contributed by atoms with Crippen molar-refractivity contribution in [2.75, 3.05) is 11.1 Å². The van der Waals surface area contributed by atoms with E-state index in [1.165, 1.54) is 6.26 Å². The fraction of sp³-hybridized carbons (Fsp3) is 0. The fourth-order valence-electron chi connectivity index (χ4n) is 1.98. The molecule has 0 saturated carbocycles. The van der Waals surface area contributed by atoms with Gasteiger partial charge in [0.25, 0.3) is 5.91 Å². The molecule has 1 amide bonds. The minimum absolute atomic E-state index is 0.230. The van der Waals surface area contributed by atoms with Gasteiger partial charge in [-0.05, 0) is 30.3 Å². The van der Waals surface area contributed by atoms with E-state index in [4.69, 9.17) is 14.9 Å². The van der Waals surface area contributed by atoms with E-state index in [0.717, 1.165) is 0 Å². The van der Waals surface area contributed by atoms with Crippen molar-refractivity contribution in [2.45, 2.75) is 0 Å². The topological polar surface area (TPSA) is 77.5 Å². The molecular weight excluding hydrogens is 280 g/mol. The maximum Gasteiger partial charge on any atom is 0.291 e. The molecule has 1 heterocycles. The van der Waals surface area contributed by atoms with Gasteiger partial charge in [0.1, 0.15) is 11.5 Å². The van der Waals surface area contributed by atoms with Crippen molar-refractivity contribution < 1.29 is 13.9 Å². The zero-order valence-electron chi connectivity index (χ0n) is 11.7. The molecule has 0 fully saturated rings. The smallest absolute Gasteiger partial charge is 0.291 e. The number of para-hydroxylation sites is 1. The van der Waals surface area contributed by atoms with Crippen LogP contribution >= 0.6 is 0 Å². The second kappa shape index (κ2) is 6.05. The van der Waals surface area contributed by atoms with Crippen molar-refractivity contribution in [3.8, 4) is 11.5 Å². The summed E-state index contributed by atoms with van der Waals surface area (Å²) in [5.74, 6) is 1.12. The highest BCUT2D eigenvalue weighted by Crippen LogP contribution is 2.27. The number of benzene rings is 2. The van der Waals surface area contributed by atoms with Gasteiger partial charge in [-0.1, -0.05) is 18.2 Å². The van der Waals surface area contributed by atoms with Crippen LogP contribution < -0.4 is 15.8 Å². The molecule has 0 unspecified atom stereocenters. The van der Waals surface area contributed by atoms with Gasteiger partial charge in [0.05, 0.1) is 6.26 Å². The van der Waals surface area contributed by atoms with Crippen molar-refractivity contribution in [2.24, 2.45) is 0 Å². The molecule has 0 spiro atoms. The number of nitrogens with one attached hydrogen (secondary N) is 1. The van der Waals surface area contributed by atoms with E-state index >= 15 is 0 Å². The lowest BCUT2D eigenvalue weighted by atomic mass is 10.2. The molecule has 110 valence electrons. The number of hydrogen-bond acceptors (Lipinski definition) is 4. The van der Waals surface area contributed by atoms with Crippen LogP contribution in [0.3, 0.4) is 0 Å². The van der Waals surface area contributed by atoms with Gasteiger partial charge >= 0.3 is 0 Å². The molecule has 0 aliphatic carbocycles. The molecule has 3 N–H and O–H groups in total. The van der Waals surface area contributed by atoms with Gasteiger partial charge in [0.15, 0.2) is 5.76 Å². The maximum absolute atomic E-state index is 12.0. The van der Waals surface area contributed by atoms with E-state index < -0.39 is 0 Å². The summed E-state index contributed by atoms with van der Waals surface area (Å²) in [7, 11) is 0. The lowest BCUT2D eigenvalue weighted by molar-refractivity contribution is 0.0996. The average molecular weight is 294 g/mol. The molecule has 0 atom stereocenters. The zero-order valence-corrected chi connectivity index (χ0v) is 11.7. The van der Waals surface area contributed by atoms with Crippen LogP contribution in [0.2, 0.25) is 0 Å². The van der Waals surface area contributed by atoms with Crippen LogP contribution in [0.1, 0.15) is 10.6 Å². The first-order chi connectivity index (χ1) is 10.7. The molecule has 5 nitrogen and oxygen atoms in total. The predicted octanol–water partition coefficient (Wildman–Crippen LogP) is 3.91. The molecule has 0 bridgehead atoms. The molecular formula is C17H14N2O3. The van der Waals surface area contributed by atoms with Crippen LogP contribution in [-0.2, 0) is 0 Å². The normalized spacial score (nSPS) is 10.2. The number of hydrogen-bond donors (Lipinski definition) is 2. The SMILES string of the molecule is Nc1cc(NC(=O)c2ccco2)cc(Oc2ccccc2)c1. The van der Waals surface area contributed by atoms with Crippen molar-refractivity contribution in [1.82, 2.24) is 0 Å². The first kappa shape index (κ1) is 13.8. The number of rotatable bonds is 4. The summed E-state index contributed by atoms with van der Waals surface area (Å²) in [6, 6.07) is 17.6. The number of nitrogens with two attached hydrogens (primary N) is 1. The Bertz CT molecular complexity index is 768. The molecule has 0 aliphatic heterocycles. The first-order valence-electron chi connectivity index (χ1n) is 6.69. The highest BCUT2D eigenvalue weighted by atomic mass is 16.5. The number of carbonyl (C=O) groups is 1. The molecule has 22 heavy (non-hydrogen) atoms. The Kier molecular flexibility index (Phi) is 3.78. The molecule has 2 aromatic carbocycles. The van der Waals surface area contributed by atoms with E-state index in [0.29, 0.717) is 22.9 Å². The number of carbonyl (C=O) groups excluding carboxylic acids is 1. The number of amides is 1. The van der Waals surface area contributed by atoms with Crippen molar-refractivity contribution in [3.63, 3.8) is 0 Å². The van der Waals surface area contributed by atoms with E-state index in [2.05, 4.69) is 5.32 Å². The van der Waals surface area contributed by atoms with Crippen molar-refractivity contribution >= 4 is 17.3 Å². The van der Waals surface area contributed by atoms with Crippen LogP contribution in [-0.4, -0.2) is 5.91 Å². The van der Waals surface area contributed by atoms with Crippen molar-refractivity contribution in [1.29, 1.82) is 0 Å². The van der Waals surface area contributed by atoms with Gasteiger partial charge in [0.2, 0.25) is 0 Å². The highest BCUT2D eigenvalue weighted by Gasteiger charge is 2.10. The van der Waals surface area contributed by atoms with E-state index in [1.54, 1.807) is 30.3 Å². The van der Waals surface area contributed by atoms with E-state index in [1.807, 2.05) is 30.3 Å². The molecule has 5 heteroatoms. The van der Waals surface area contributed by atoms with Gasteiger partial charge in [-0.15, -0.1) is 0 Å². The third-order valence-corrected chi connectivity index (χ3v) is 2.91. The van der Waals surface area contributed by atoms with E-state index in [-0.39, 0.29) is 11.7 Å². The van der Waals surface area contributed by atoms with Crippen molar-refractivity contribution in [3.05, 3.63) is 72.7 Å². The van der Waals surface area contributed by atoms with Crippen LogP contribution in [0.25, 0.3) is 0 Å².